The number of carbonyl (C=O) groups is 1. The Bertz CT molecular complexity index is 443. The predicted molar refractivity (Wildman–Crippen MR) is 80.0 cm³/mol. The molecule has 20 heavy (non-hydrogen) atoms. The molecule has 6 nitrogen and oxygen atoms in total. The van der Waals surface area contributed by atoms with E-state index in [-0.39, 0.29) is 5.91 Å². The number of hydrogen-bond donors (Lipinski definition) is 2. The number of pyridine rings is 1. The van der Waals surface area contributed by atoms with E-state index in [1.165, 1.54) is 0 Å². The van der Waals surface area contributed by atoms with E-state index in [0.717, 1.165) is 38.4 Å². The normalized spacial score (nSPS) is 16.2. The van der Waals surface area contributed by atoms with Gasteiger partial charge in [0.2, 0.25) is 0 Å². The minimum Gasteiger partial charge on any atom is -0.369 e. The average molecular weight is 277 g/mol. The number of hydrogen-bond acceptors (Lipinski definition) is 5. The molecule has 1 aromatic rings. The zero-order valence-electron chi connectivity index (χ0n) is 12.0. The number of aromatic nitrogens is 1. The number of nitrogens with two attached hydrogens (primary N) is 1. The fourth-order valence-electron chi connectivity index (χ4n) is 2.40. The predicted octanol–water partition coefficient (Wildman–Crippen LogP) is -0.0880. The summed E-state index contributed by atoms with van der Waals surface area (Å²) in [5.74, 6) is -0.115. The number of anilines is 1. The van der Waals surface area contributed by atoms with E-state index in [1.54, 1.807) is 6.20 Å². The molecule has 0 atom stereocenters. The van der Waals surface area contributed by atoms with Crippen molar-refractivity contribution in [1.82, 2.24) is 15.2 Å². The highest BCUT2D eigenvalue weighted by molar-refractivity contribution is 5.93. The minimum atomic E-state index is -0.115. The molecule has 0 aromatic carbocycles. The summed E-state index contributed by atoms with van der Waals surface area (Å²) in [6.45, 7) is 8.11. The molecule has 2 rings (SSSR count). The highest BCUT2D eigenvalue weighted by atomic mass is 16.1. The lowest BCUT2D eigenvalue weighted by atomic mass is 10.2. The molecule has 0 unspecified atom stereocenters. The van der Waals surface area contributed by atoms with E-state index in [0.29, 0.717) is 18.8 Å². The number of carbonyl (C=O) groups excluding carboxylic acids is 1. The summed E-state index contributed by atoms with van der Waals surface area (Å²) in [4.78, 5) is 20.6. The Morgan fingerprint density at radius 2 is 2.15 bits per heavy atom. The molecule has 1 saturated heterocycles. The highest BCUT2D eigenvalue weighted by Gasteiger charge is 2.17. The van der Waals surface area contributed by atoms with Crippen LogP contribution in [0.25, 0.3) is 0 Å². The van der Waals surface area contributed by atoms with Crippen molar-refractivity contribution in [3.63, 3.8) is 0 Å². The summed E-state index contributed by atoms with van der Waals surface area (Å²) in [7, 11) is 0. The average Bonchev–Trinajstić information content (AvgIpc) is 2.49. The van der Waals surface area contributed by atoms with Crippen LogP contribution in [0.1, 0.15) is 17.4 Å². The number of amides is 1. The second kappa shape index (κ2) is 7.21. The molecule has 0 aliphatic carbocycles. The number of piperazine rings is 1. The summed E-state index contributed by atoms with van der Waals surface area (Å²) < 4.78 is 0. The van der Waals surface area contributed by atoms with Crippen molar-refractivity contribution in [2.75, 3.05) is 50.7 Å². The quantitative estimate of drug-likeness (QED) is 0.787. The molecule has 2 heterocycles. The fraction of sp³-hybridized carbons (Fsp3) is 0.571. The van der Waals surface area contributed by atoms with Crippen LogP contribution in [0.5, 0.6) is 0 Å². The van der Waals surface area contributed by atoms with Crippen LogP contribution in [0.4, 0.5) is 5.69 Å². The minimum absolute atomic E-state index is 0.115. The molecule has 1 fully saturated rings. The Balaban J connectivity index is 1.99. The van der Waals surface area contributed by atoms with E-state index in [1.807, 2.05) is 19.1 Å². The molecule has 0 bridgehead atoms. The number of rotatable bonds is 5. The number of nitrogens with one attached hydrogen (secondary N) is 1. The highest BCUT2D eigenvalue weighted by Crippen LogP contribution is 2.16. The van der Waals surface area contributed by atoms with Crippen molar-refractivity contribution in [2.45, 2.75) is 6.92 Å². The molecule has 1 aliphatic heterocycles. The van der Waals surface area contributed by atoms with Crippen LogP contribution in [0, 0.1) is 0 Å². The summed E-state index contributed by atoms with van der Waals surface area (Å²) in [6.07, 6.45) is 1.70. The molecule has 6 heteroatoms. The Morgan fingerprint density at radius 3 is 2.80 bits per heavy atom. The van der Waals surface area contributed by atoms with E-state index < -0.39 is 0 Å². The van der Waals surface area contributed by atoms with Crippen molar-refractivity contribution < 1.29 is 4.79 Å². The van der Waals surface area contributed by atoms with Gasteiger partial charge in [-0.2, -0.15) is 0 Å². The van der Waals surface area contributed by atoms with Gasteiger partial charge in [-0.1, -0.05) is 0 Å². The standard InChI is InChI=1S/C14H23N5O/c1-2-16-14(20)13-11-12(3-5-17-13)19-9-7-18(6-4-15)8-10-19/h3,5,11H,2,4,6-10,15H2,1H3,(H,16,20). The topological polar surface area (TPSA) is 74.5 Å². The van der Waals surface area contributed by atoms with Gasteiger partial charge in [0.15, 0.2) is 0 Å². The largest absolute Gasteiger partial charge is 0.369 e. The first-order chi connectivity index (χ1) is 9.74. The molecule has 3 N–H and O–H groups in total. The van der Waals surface area contributed by atoms with Gasteiger partial charge in [-0.05, 0) is 19.1 Å². The van der Waals surface area contributed by atoms with Gasteiger partial charge in [0.1, 0.15) is 5.69 Å². The van der Waals surface area contributed by atoms with Crippen LogP contribution >= 0.6 is 0 Å². The zero-order chi connectivity index (χ0) is 14.4. The first-order valence-corrected chi connectivity index (χ1v) is 7.16. The van der Waals surface area contributed by atoms with Crippen molar-refractivity contribution in [1.29, 1.82) is 0 Å². The Morgan fingerprint density at radius 1 is 1.40 bits per heavy atom. The van der Waals surface area contributed by atoms with Crippen molar-refractivity contribution in [3.05, 3.63) is 24.0 Å². The second-order valence-electron chi connectivity index (χ2n) is 4.88. The Hall–Kier alpha value is -1.66. The van der Waals surface area contributed by atoms with E-state index in [4.69, 9.17) is 5.73 Å². The van der Waals surface area contributed by atoms with Gasteiger partial charge < -0.3 is 16.0 Å². The third-order valence-corrected chi connectivity index (χ3v) is 3.50. The molecule has 0 spiro atoms. The summed E-state index contributed by atoms with van der Waals surface area (Å²) >= 11 is 0. The summed E-state index contributed by atoms with van der Waals surface area (Å²) in [6, 6.07) is 3.82. The lowest BCUT2D eigenvalue weighted by Gasteiger charge is -2.35. The van der Waals surface area contributed by atoms with E-state index >= 15 is 0 Å². The number of nitrogens with zero attached hydrogens (tertiary/aromatic N) is 3. The van der Waals surface area contributed by atoms with E-state index in [2.05, 4.69) is 20.1 Å². The summed E-state index contributed by atoms with van der Waals surface area (Å²) in [5, 5.41) is 2.77. The maximum absolute atomic E-state index is 11.8. The zero-order valence-corrected chi connectivity index (χ0v) is 12.0. The maximum atomic E-state index is 11.8. The van der Waals surface area contributed by atoms with Crippen molar-refractivity contribution >= 4 is 11.6 Å². The molecule has 110 valence electrons. The van der Waals surface area contributed by atoms with Gasteiger partial charge in [0.25, 0.3) is 5.91 Å². The van der Waals surface area contributed by atoms with Gasteiger partial charge in [-0.3, -0.25) is 14.7 Å². The first-order valence-electron chi connectivity index (χ1n) is 7.16. The molecule has 1 aliphatic rings. The second-order valence-corrected chi connectivity index (χ2v) is 4.88. The Labute approximate surface area is 120 Å². The van der Waals surface area contributed by atoms with Crippen molar-refractivity contribution in [3.8, 4) is 0 Å². The smallest absolute Gasteiger partial charge is 0.269 e. The van der Waals surface area contributed by atoms with Gasteiger partial charge in [0, 0.05) is 57.7 Å². The van der Waals surface area contributed by atoms with Crippen LogP contribution < -0.4 is 16.0 Å². The fourth-order valence-corrected chi connectivity index (χ4v) is 2.40. The van der Waals surface area contributed by atoms with Crippen LogP contribution in [0.15, 0.2) is 18.3 Å². The van der Waals surface area contributed by atoms with Crippen LogP contribution in [-0.4, -0.2) is 61.6 Å². The SMILES string of the molecule is CCNC(=O)c1cc(N2CCN(CCN)CC2)ccn1. The first kappa shape index (κ1) is 14.7. The molecule has 1 amide bonds. The third kappa shape index (κ3) is 3.68. The summed E-state index contributed by atoms with van der Waals surface area (Å²) in [5.41, 5.74) is 7.12. The van der Waals surface area contributed by atoms with Gasteiger partial charge >= 0.3 is 0 Å². The Kier molecular flexibility index (Phi) is 5.31. The molecular weight excluding hydrogens is 254 g/mol. The third-order valence-electron chi connectivity index (χ3n) is 3.50. The van der Waals surface area contributed by atoms with Crippen LogP contribution in [-0.2, 0) is 0 Å². The van der Waals surface area contributed by atoms with E-state index in [9.17, 15) is 4.79 Å². The van der Waals surface area contributed by atoms with Gasteiger partial charge in [0.05, 0.1) is 0 Å². The lowest BCUT2D eigenvalue weighted by Crippen LogP contribution is -2.47. The van der Waals surface area contributed by atoms with Gasteiger partial charge in [-0.15, -0.1) is 0 Å². The maximum Gasteiger partial charge on any atom is 0.269 e. The van der Waals surface area contributed by atoms with Gasteiger partial charge in [-0.25, -0.2) is 0 Å². The molecular formula is C14H23N5O. The van der Waals surface area contributed by atoms with Crippen LogP contribution in [0.2, 0.25) is 0 Å². The molecule has 1 aromatic heterocycles. The van der Waals surface area contributed by atoms with Crippen molar-refractivity contribution in [2.24, 2.45) is 5.73 Å². The molecule has 0 saturated carbocycles. The lowest BCUT2D eigenvalue weighted by molar-refractivity contribution is 0.0951. The van der Waals surface area contributed by atoms with Crippen LogP contribution in [0.3, 0.4) is 0 Å². The monoisotopic (exact) mass is 277 g/mol. The molecule has 0 radical (unpaired) electrons.